The van der Waals surface area contributed by atoms with Crippen molar-refractivity contribution in [1.82, 2.24) is 9.13 Å². The molecular weight excluding hydrogens is 651 g/mol. The van der Waals surface area contributed by atoms with Crippen molar-refractivity contribution in [3.63, 3.8) is 0 Å². The number of nitrogens with zero attached hydrogens (tertiary/aromatic N) is 3. The van der Waals surface area contributed by atoms with Gasteiger partial charge in [0.2, 0.25) is 0 Å². The van der Waals surface area contributed by atoms with E-state index in [2.05, 4.69) is 9.88 Å². The average molecular weight is 680 g/mol. The van der Waals surface area contributed by atoms with Crippen molar-refractivity contribution >= 4 is 63.1 Å². The minimum Gasteiger partial charge on any atom is -0.497 e. The number of halogens is 2. The molecule has 4 aromatic carbocycles. The summed E-state index contributed by atoms with van der Waals surface area (Å²) in [5.74, 6) is 0.291. The molecule has 0 saturated carbocycles. The summed E-state index contributed by atoms with van der Waals surface area (Å²) in [6.07, 6.45) is 3.93. The number of amides is 1. The first-order chi connectivity index (χ1) is 22.8. The quantitative estimate of drug-likeness (QED) is 0.194. The lowest BCUT2D eigenvalue weighted by atomic mass is 9.95. The minimum atomic E-state index is -0.722. The van der Waals surface area contributed by atoms with Crippen molar-refractivity contribution in [2.24, 2.45) is 4.99 Å². The molecule has 0 fully saturated rings. The summed E-state index contributed by atoms with van der Waals surface area (Å²) in [6.45, 7) is 2.33. The number of para-hydroxylation sites is 2. The zero-order valence-electron chi connectivity index (χ0n) is 25.4. The molecule has 7 rings (SSSR count). The molecule has 1 atom stereocenters. The first kappa shape index (κ1) is 30.7. The fourth-order valence-corrected chi connectivity index (χ4v) is 7.46. The van der Waals surface area contributed by atoms with Gasteiger partial charge in [-0.3, -0.25) is 14.2 Å². The van der Waals surface area contributed by atoms with E-state index in [-0.39, 0.29) is 11.5 Å². The molecule has 1 aliphatic heterocycles. The smallest absolute Gasteiger partial charge is 0.271 e. The molecule has 234 valence electrons. The van der Waals surface area contributed by atoms with Crippen LogP contribution in [0.3, 0.4) is 0 Å². The molecule has 0 unspecified atom stereocenters. The molecule has 2 aromatic heterocycles. The van der Waals surface area contributed by atoms with Crippen LogP contribution >= 0.6 is 34.5 Å². The van der Waals surface area contributed by atoms with Gasteiger partial charge in [0.15, 0.2) is 4.80 Å². The highest BCUT2D eigenvalue weighted by atomic mass is 35.5. The van der Waals surface area contributed by atoms with E-state index in [9.17, 15) is 9.59 Å². The number of allylic oxidation sites excluding steroid dienone is 1. The number of anilines is 1. The molecule has 0 spiro atoms. The lowest BCUT2D eigenvalue weighted by Gasteiger charge is -2.25. The van der Waals surface area contributed by atoms with Crippen molar-refractivity contribution in [1.29, 1.82) is 0 Å². The van der Waals surface area contributed by atoms with Crippen LogP contribution in [0.1, 0.15) is 29.7 Å². The third-order valence-electron chi connectivity index (χ3n) is 8.17. The van der Waals surface area contributed by atoms with Crippen LogP contribution in [0.2, 0.25) is 10.0 Å². The number of hydrogen-bond acceptors (Lipinski definition) is 5. The maximum Gasteiger partial charge on any atom is 0.271 e. The van der Waals surface area contributed by atoms with Crippen LogP contribution in [-0.4, -0.2) is 22.2 Å². The fourth-order valence-electron chi connectivity index (χ4n) is 5.95. The third-order valence-corrected chi connectivity index (χ3v) is 9.74. The van der Waals surface area contributed by atoms with Gasteiger partial charge in [-0.05, 0) is 66.6 Å². The number of hydrogen-bond donors (Lipinski definition) is 1. The van der Waals surface area contributed by atoms with E-state index in [1.165, 1.54) is 11.3 Å². The molecular formula is C37H28Cl2N4O3S. The molecule has 10 heteroatoms. The van der Waals surface area contributed by atoms with E-state index < -0.39 is 6.04 Å². The minimum absolute atomic E-state index is 0.239. The maximum atomic E-state index is 14.4. The molecule has 0 bridgehead atoms. The fraction of sp³-hybridized carbons (Fsp3) is 0.108. The van der Waals surface area contributed by atoms with Crippen LogP contribution in [0.5, 0.6) is 5.75 Å². The Morgan fingerprint density at radius 3 is 2.57 bits per heavy atom. The van der Waals surface area contributed by atoms with Gasteiger partial charge in [0.25, 0.3) is 11.5 Å². The second-order valence-electron chi connectivity index (χ2n) is 11.1. The Balaban J connectivity index is 1.36. The van der Waals surface area contributed by atoms with E-state index in [1.54, 1.807) is 24.7 Å². The Kier molecular flexibility index (Phi) is 8.32. The van der Waals surface area contributed by atoms with Crippen molar-refractivity contribution in [2.75, 3.05) is 12.4 Å². The molecule has 0 saturated heterocycles. The van der Waals surface area contributed by atoms with Gasteiger partial charge < -0.3 is 14.6 Å². The van der Waals surface area contributed by atoms with Gasteiger partial charge in [0.1, 0.15) is 5.75 Å². The van der Waals surface area contributed by atoms with Crippen LogP contribution < -0.4 is 24.9 Å². The zero-order chi connectivity index (χ0) is 32.7. The zero-order valence-corrected chi connectivity index (χ0v) is 27.7. The Bertz CT molecular complexity index is 2390. The van der Waals surface area contributed by atoms with E-state index in [0.717, 1.165) is 27.6 Å². The summed E-state index contributed by atoms with van der Waals surface area (Å²) in [5.41, 5.74) is 4.88. The van der Waals surface area contributed by atoms with Crippen molar-refractivity contribution in [3.05, 3.63) is 161 Å². The molecule has 7 nitrogen and oxygen atoms in total. The summed E-state index contributed by atoms with van der Waals surface area (Å²) in [7, 11) is 1.59. The summed E-state index contributed by atoms with van der Waals surface area (Å²) in [6, 6.07) is 29.5. The van der Waals surface area contributed by atoms with E-state index in [0.29, 0.717) is 48.6 Å². The van der Waals surface area contributed by atoms with E-state index in [4.69, 9.17) is 32.9 Å². The highest BCUT2D eigenvalue weighted by Crippen LogP contribution is 2.33. The molecule has 3 heterocycles. The number of ether oxygens (including phenoxy) is 1. The molecule has 1 aliphatic rings. The first-order valence-corrected chi connectivity index (χ1v) is 16.4. The topological polar surface area (TPSA) is 77.6 Å². The number of benzene rings is 4. The van der Waals surface area contributed by atoms with Crippen LogP contribution in [0.25, 0.3) is 17.0 Å². The number of carbonyl (C=O) groups is 1. The van der Waals surface area contributed by atoms with Gasteiger partial charge >= 0.3 is 0 Å². The van der Waals surface area contributed by atoms with Crippen molar-refractivity contribution in [3.8, 4) is 5.75 Å². The molecule has 0 aliphatic carbocycles. The molecule has 6 aromatic rings. The Morgan fingerprint density at radius 1 is 1.00 bits per heavy atom. The SMILES string of the molecule is COc1cccc([C@H]2C(C(=O)Nc3ccccc3)=C(C)N=c3s/c(=C\c4cn(Cc5ccc(Cl)cc5Cl)c5ccccc45)c(=O)n32)c1. The predicted octanol–water partition coefficient (Wildman–Crippen LogP) is 7.19. The molecule has 0 radical (unpaired) electrons. The second kappa shape index (κ2) is 12.7. The Labute approximate surface area is 284 Å². The third kappa shape index (κ3) is 5.91. The lowest BCUT2D eigenvalue weighted by molar-refractivity contribution is -0.113. The standard InChI is InChI=1S/C37H28Cl2N4O3S/c1-22-33(35(44)41-27-10-4-3-5-11-27)34(23-9-8-12-28(17-23)46-2)43-36(45)32(47-37(43)40-22)18-25-21-42(31-14-7-6-13-29(25)31)20-24-15-16-26(38)19-30(24)39/h3-19,21,34H,20H2,1-2H3,(H,41,44)/b32-18-/t34-/m0/s1. The number of methoxy groups -OCH3 is 1. The van der Waals surface area contributed by atoms with E-state index in [1.807, 2.05) is 103 Å². The summed E-state index contributed by atoms with van der Waals surface area (Å²) < 4.78 is 9.75. The number of fused-ring (bicyclic) bond motifs is 2. The summed E-state index contributed by atoms with van der Waals surface area (Å²) in [4.78, 5) is 33.5. The van der Waals surface area contributed by atoms with Crippen LogP contribution in [0.4, 0.5) is 5.69 Å². The second-order valence-corrected chi connectivity index (χ2v) is 13.0. The van der Waals surface area contributed by atoms with Gasteiger partial charge in [-0.25, -0.2) is 4.99 Å². The van der Waals surface area contributed by atoms with Gasteiger partial charge in [-0.2, -0.15) is 0 Å². The molecule has 1 N–H and O–H groups in total. The maximum absolute atomic E-state index is 14.4. The normalized spacial score (nSPS) is 14.6. The predicted molar refractivity (Wildman–Crippen MR) is 189 cm³/mol. The Morgan fingerprint density at radius 2 is 1.79 bits per heavy atom. The van der Waals surface area contributed by atoms with Gasteiger partial charge in [-0.1, -0.05) is 89.1 Å². The monoisotopic (exact) mass is 678 g/mol. The van der Waals surface area contributed by atoms with E-state index >= 15 is 0 Å². The first-order valence-electron chi connectivity index (χ1n) is 14.9. The van der Waals surface area contributed by atoms with Crippen LogP contribution in [0, 0.1) is 0 Å². The van der Waals surface area contributed by atoms with Gasteiger partial charge in [0, 0.05) is 44.9 Å². The number of carbonyl (C=O) groups excluding carboxylic acids is 1. The number of thiazole rings is 1. The lowest BCUT2D eigenvalue weighted by Crippen LogP contribution is -2.40. The highest BCUT2D eigenvalue weighted by Gasteiger charge is 2.33. The largest absolute Gasteiger partial charge is 0.497 e. The van der Waals surface area contributed by atoms with Crippen molar-refractivity contribution < 1.29 is 9.53 Å². The number of nitrogens with one attached hydrogen (secondary N) is 1. The summed E-state index contributed by atoms with van der Waals surface area (Å²) >= 11 is 14.0. The van der Waals surface area contributed by atoms with Gasteiger partial charge in [-0.15, -0.1) is 0 Å². The average Bonchev–Trinajstić information content (AvgIpc) is 3.58. The number of rotatable bonds is 7. The molecule has 1 amide bonds. The highest BCUT2D eigenvalue weighted by molar-refractivity contribution is 7.07. The Hall–Kier alpha value is -4.89. The van der Waals surface area contributed by atoms with Crippen LogP contribution in [0.15, 0.2) is 124 Å². The van der Waals surface area contributed by atoms with Crippen LogP contribution in [-0.2, 0) is 11.3 Å². The van der Waals surface area contributed by atoms with Crippen molar-refractivity contribution in [2.45, 2.75) is 19.5 Å². The summed E-state index contributed by atoms with van der Waals surface area (Å²) in [5, 5.41) is 5.15. The molecule has 47 heavy (non-hydrogen) atoms. The number of aromatic nitrogens is 2. The van der Waals surface area contributed by atoms with Gasteiger partial charge in [0.05, 0.1) is 29.0 Å².